The van der Waals surface area contributed by atoms with E-state index in [1.807, 2.05) is 0 Å². The smallest absolute Gasteiger partial charge is 0.138 e. The molecule has 1 rings (SSSR count). The van der Waals surface area contributed by atoms with Crippen LogP contribution >= 0.6 is 0 Å². The lowest BCUT2D eigenvalue weighted by atomic mass is 9.61. The maximum absolute atomic E-state index is 5.54. The number of hydrogen-bond donors (Lipinski definition) is 0. The predicted molar refractivity (Wildman–Crippen MR) is 57.3 cm³/mol. The van der Waals surface area contributed by atoms with Crippen LogP contribution in [0.2, 0.25) is 5.82 Å². The van der Waals surface area contributed by atoms with Crippen LogP contribution in [0, 0.1) is 0 Å². The molecule has 3 heteroatoms. The first-order valence-electron chi connectivity index (χ1n) is 5.26. The highest BCUT2D eigenvalue weighted by Gasteiger charge is 2.26. The van der Waals surface area contributed by atoms with Gasteiger partial charge in [0, 0.05) is 6.61 Å². The fraction of sp³-hybridized carbons (Fsp3) is 1.00. The zero-order chi connectivity index (χ0) is 9.84. The third-order valence-electron chi connectivity index (χ3n) is 2.71. The normalized spacial score (nSPS) is 29.6. The summed E-state index contributed by atoms with van der Waals surface area (Å²) in [6.07, 6.45) is 1.55. The topological polar surface area (TPSA) is 12.5 Å². The molecule has 0 aromatic rings. The van der Waals surface area contributed by atoms with E-state index in [0.717, 1.165) is 12.4 Å². The Morgan fingerprint density at radius 2 is 2.23 bits per heavy atom. The van der Waals surface area contributed by atoms with Gasteiger partial charge in [0.2, 0.25) is 0 Å². The molecule has 2 atom stereocenters. The van der Waals surface area contributed by atoms with Gasteiger partial charge >= 0.3 is 0 Å². The lowest BCUT2D eigenvalue weighted by Crippen LogP contribution is -2.24. The Bertz CT molecular complexity index is 142. The monoisotopic (exact) mass is 182 g/mol. The summed E-state index contributed by atoms with van der Waals surface area (Å²) in [7, 11) is 4.62. The van der Waals surface area contributed by atoms with Crippen LogP contribution in [-0.2, 0) is 4.74 Å². The standard InChI is InChI=1S/C10H21BNO/c1-8(2)13-6-5-10-7-12(4)9(3)11-10/h8-10H,5-7H2,1-4H3. The molecule has 0 N–H and O–H groups in total. The summed E-state index contributed by atoms with van der Waals surface area (Å²) in [6.45, 7) is 8.53. The van der Waals surface area contributed by atoms with Crippen molar-refractivity contribution in [3.8, 4) is 0 Å². The Hall–Kier alpha value is -0.0151. The van der Waals surface area contributed by atoms with Crippen LogP contribution < -0.4 is 0 Å². The van der Waals surface area contributed by atoms with E-state index < -0.39 is 0 Å². The molecule has 0 aromatic carbocycles. The fourth-order valence-electron chi connectivity index (χ4n) is 1.78. The number of nitrogens with zero attached hydrogens (tertiary/aromatic N) is 1. The molecule has 0 amide bonds. The van der Waals surface area contributed by atoms with Crippen LogP contribution in [-0.4, -0.2) is 44.4 Å². The molecule has 13 heavy (non-hydrogen) atoms. The fourth-order valence-corrected chi connectivity index (χ4v) is 1.78. The molecule has 0 spiro atoms. The largest absolute Gasteiger partial charge is 0.379 e. The summed E-state index contributed by atoms with van der Waals surface area (Å²) in [5, 5.41) is 0. The van der Waals surface area contributed by atoms with Crippen molar-refractivity contribution in [2.45, 2.75) is 45.1 Å². The van der Waals surface area contributed by atoms with Crippen molar-refractivity contribution in [3.05, 3.63) is 0 Å². The highest BCUT2D eigenvalue weighted by atomic mass is 16.5. The average Bonchev–Trinajstić information content (AvgIpc) is 2.30. The van der Waals surface area contributed by atoms with Crippen LogP contribution in [0.25, 0.3) is 0 Å². The summed E-state index contributed by atoms with van der Waals surface area (Å²) in [6, 6.07) is 0. The van der Waals surface area contributed by atoms with Crippen LogP contribution in [0.3, 0.4) is 0 Å². The number of ether oxygens (including phenoxy) is 1. The molecule has 1 fully saturated rings. The van der Waals surface area contributed by atoms with Gasteiger partial charge in [-0.05, 0) is 39.8 Å². The van der Waals surface area contributed by atoms with E-state index in [4.69, 9.17) is 4.74 Å². The summed E-state index contributed by atoms with van der Waals surface area (Å²) in [5.74, 6) is 1.38. The summed E-state index contributed by atoms with van der Waals surface area (Å²) < 4.78 is 5.54. The van der Waals surface area contributed by atoms with Crippen molar-refractivity contribution in [3.63, 3.8) is 0 Å². The highest BCUT2D eigenvalue weighted by Crippen LogP contribution is 2.21. The number of hydrogen-bond acceptors (Lipinski definition) is 2. The quantitative estimate of drug-likeness (QED) is 0.612. The summed E-state index contributed by atoms with van der Waals surface area (Å²) >= 11 is 0. The van der Waals surface area contributed by atoms with E-state index >= 15 is 0 Å². The molecule has 2 nitrogen and oxygen atoms in total. The molecule has 0 aromatic heterocycles. The molecule has 2 unspecified atom stereocenters. The average molecular weight is 182 g/mol. The molecule has 75 valence electrons. The third-order valence-corrected chi connectivity index (χ3v) is 2.71. The Balaban J connectivity index is 2.10. The van der Waals surface area contributed by atoms with Gasteiger partial charge in [-0.2, -0.15) is 0 Å². The van der Waals surface area contributed by atoms with E-state index in [-0.39, 0.29) is 0 Å². The van der Waals surface area contributed by atoms with Gasteiger partial charge in [0.1, 0.15) is 7.28 Å². The molecule has 0 bridgehead atoms. The molecule has 0 saturated carbocycles. The zero-order valence-electron chi connectivity index (χ0n) is 9.29. The Morgan fingerprint density at radius 1 is 1.54 bits per heavy atom. The second-order valence-corrected chi connectivity index (χ2v) is 4.34. The first-order valence-corrected chi connectivity index (χ1v) is 5.26. The van der Waals surface area contributed by atoms with Crippen molar-refractivity contribution < 1.29 is 4.74 Å². The lowest BCUT2D eigenvalue weighted by molar-refractivity contribution is 0.0756. The van der Waals surface area contributed by atoms with Gasteiger partial charge < -0.3 is 9.64 Å². The SMILES string of the molecule is CC(C)OCCC1[B]C(C)N(C)C1. The van der Waals surface area contributed by atoms with E-state index in [9.17, 15) is 0 Å². The van der Waals surface area contributed by atoms with Crippen molar-refractivity contribution in [1.82, 2.24) is 4.90 Å². The molecule has 1 saturated heterocycles. The molecule has 1 radical (unpaired) electrons. The maximum Gasteiger partial charge on any atom is 0.138 e. The van der Waals surface area contributed by atoms with Gasteiger partial charge in [-0.25, -0.2) is 0 Å². The van der Waals surface area contributed by atoms with Crippen molar-refractivity contribution in [2.24, 2.45) is 0 Å². The Morgan fingerprint density at radius 3 is 2.69 bits per heavy atom. The van der Waals surface area contributed by atoms with Gasteiger partial charge in [-0.15, -0.1) is 0 Å². The molecular weight excluding hydrogens is 161 g/mol. The Labute approximate surface area is 82.9 Å². The zero-order valence-corrected chi connectivity index (χ0v) is 9.29. The van der Waals surface area contributed by atoms with Gasteiger partial charge in [-0.1, -0.05) is 12.7 Å². The van der Waals surface area contributed by atoms with Crippen molar-refractivity contribution in [2.75, 3.05) is 20.2 Å². The first kappa shape index (κ1) is 11.1. The first-order chi connectivity index (χ1) is 6.09. The Kier molecular flexibility index (Phi) is 4.27. The summed E-state index contributed by atoms with van der Waals surface area (Å²) in [4.78, 5) is 2.39. The number of rotatable bonds is 4. The van der Waals surface area contributed by atoms with Crippen LogP contribution in [0.1, 0.15) is 27.2 Å². The van der Waals surface area contributed by atoms with Gasteiger partial charge in [0.15, 0.2) is 0 Å². The minimum absolute atomic E-state index is 0.372. The van der Waals surface area contributed by atoms with Gasteiger partial charge in [0.25, 0.3) is 0 Å². The predicted octanol–water partition coefficient (Wildman–Crippen LogP) is 1.59. The van der Waals surface area contributed by atoms with E-state index in [2.05, 4.69) is 40.0 Å². The third kappa shape index (κ3) is 3.69. The second-order valence-electron chi connectivity index (χ2n) is 4.34. The maximum atomic E-state index is 5.54. The minimum atomic E-state index is 0.372. The second kappa shape index (κ2) is 5.01. The van der Waals surface area contributed by atoms with Crippen LogP contribution in [0.4, 0.5) is 0 Å². The molecular formula is C10H21BNO. The molecule has 1 heterocycles. The molecule has 1 aliphatic rings. The van der Waals surface area contributed by atoms with E-state index in [1.54, 1.807) is 0 Å². The van der Waals surface area contributed by atoms with Gasteiger partial charge in [0.05, 0.1) is 6.10 Å². The molecule has 0 aliphatic carbocycles. The lowest BCUT2D eigenvalue weighted by Gasteiger charge is -2.14. The van der Waals surface area contributed by atoms with Gasteiger partial charge in [-0.3, -0.25) is 0 Å². The van der Waals surface area contributed by atoms with E-state index in [0.29, 0.717) is 12.0 Å². The van der Waals surface area contributed by atoms with Crippen molar-refractivity contribution >= 4 is 7.28 Å². The van der Waals surface area contributed by atoms with Crippen LogP contribution in [0.15, 0.2) is 0 Å². The molecule has 1 aliphatic heterocycles. The summed E-state index contributed by atoms with van der Waals surface area (Å²) in [5.41, 5.74) is 0. The minimum Gasteiger partial charge on any atom is -0.379 e. The highest BCUT2D eigenvalue weighted by molar-refractivity contribution is 6.40. The van der Waals surface area contributed by atoms with Crippen LogP contribution in [0.5, 0.6) is 0 Å². The van der Waals surface area contributed by atoms with E-state index in [1.165, 1.54) is 13.0 Å². The van der Waals surface area contributed by atoms with Crippen molar-refractivity contribution in [1.29, 1.82) is 0 Å².